The fourth-order valence-corrected chi connectivity index (χ4v) is 3.39. The van der Waals surface area contributed by atoms with Crippen LogP contribution in [0.5, 0.6) is 0 Å². The number of non-ortho nitro benzene ring substituents is 1. The van der Waals surface area contributed by atoms with Crippen LogP contribution in [-0.4, -0.2) is 37.2 Å². The van der Waals surface area contributed by atoms with Gasteiger partial charge in [0.05, 0.1) is 9.82 Å². The zero-order chi connectivity index (χ0) is 19.3. The molecule has 0 atom stereocenters. The van der Waals surface area contributed by atoms with Gasteiger partial charge in [-0.05, 0) is 50.2 Å². The quantitative estimate of drug-likeness (QED) is 0.589. The average molecular weight is 377 g/mol. The van der Waals surface area contributed by atoms with Crippen molar-refractivity contribution in [2.75, 3.05) is 17.8 Å². The third kappa shape index (κ3) is 4.37. The molecule has 0 radical (unpaired) electrons. The maximum atomic E-state index is 12.3. The van der Waals surface area contributed by atoms with E-state index >= 15 is 0 Å². The van der Waals surface area contributed by atoms with Crippen molar-refractivity contribution in [3.05, 3.63) is 64.2 Å². The molecule has 0 saturated carbocycles. The average Bonchev–Trinajstić information content (AvgIpc) is 2.63. The summed E-state index contributed by atoms with van der Waals surface area (Å²) in [4.78, 5) is 23.9. The molecule has 9 heteroatoms. The number of rotatable bonds is 7. The molecule has 0 spiro atoms. The molecular formula is C17H19N3O5S. The van der Waals surface area contributed by atoms with Gasteiger partial charge in [0.1, 0.15) is 0 Å². The van der Waals surface area contributed by atoms with Crippen molar-refractivity contribution in [3.63, 3.8) is 0 Å². The molecule has 0 bridgehead atoms. The number of sulfonamides is 1. The standard InChI is InChI=1S/C17H19N3O5S/c1-3-19(4-2)17(21)13-5-7-14(8-6-13)18-26(24,25)16-11-9-15(10-12-16)20(22)23/h5-12,18H,3-4H2,1-2H3. The Morgan fingerprint density at radius 1 is 1.04 bits per heavy atom. The Kier molecular flexibility index (Phi) is 5.93. The van der Waals surface area contributed by atoms with E-state index in [1.807, 2.05) is 13.8 Å². The van der Waals surface area contributed by atoms with E-state index in [9.17, 15) is 23.3 Å². The van der Waals surface area contributed by atoms with Gasteiger partial charge in [-0.3, -0.25) is 19.6 Å². The fourth-order valence-electron chi connectivity index (χ4n) is 2.34. The molecule has 2 aromatic carbocycles. The van der Waals surface area contributed by atoms with Crippen molar-refractivity contribution in [2.24, 2.45) is 0 Å². The number of nitrogens with one attached hydrogen (secondary N) is 1. The molecule has 0 aliphatic rings. The van der Waals surface area contributed by atoms with E-state index in [1.165, 1.54) is 24.3 Å². The maximum absolute atomic E-state index is 12.3. The summed E-state index contributed by atoms with van der Waals surface area (Å²) in [5.74, 6) is -0.125. The number of carbonyl (C=O) groups excluding carboxylic acids is 1. The Bertz CT molecular complexity index is 889. The van der Waals surface area contributed by atoms with Gasteiger partial charge in [0.2, 0.25) is 0 Å². The van der Waals surface area contributed by atoms with Crippen LogP contribution in [0, 0.1) is 10.1 Å². The lowest BCUT2D eigenvalue weighted by molar-refractivity contribution is -0.384. The maximum Gasteiger partial charge on any atom is 0.269 e. The molecule has 0 saturated heterocycles. The summed E-state index contributed by atoms with van der Waals surface area (Å²) in [6.07, 6.45) is 0. The van der Waals surface area contributed by atoms with Crippen molar-refractivity contribution in [1.29, 1.82) is 0 Å². The number of nitro benzene ring substituents is 1. The number of carbonyl (C=O) groups is 1. The zero-order valence-corrected chi connectivity index (χ0v) is 15.2. The Balaban J connectivity index is 2.17. The third-order valence-electron chi connectivity index (χ3n) is 3.79. The predicted octanol–water partition coefficient (Wildman–Crippen LogP) is 2.88. The molecule has 0 heterocycles. The van der Waals surface area contributed by atoms with Gasteiger partial charge in [-0.2, -0.15) is 0 Å². The number of hydrogen-bond acceptors (Lipinski definition) is 5. The zero-order valence-electron chi connectivity index (χ0n) is 14.4. The van der Waals surface area contributed by atoms with Crippen molar-refractivity contribution in [1.82, 2.24) is 4.90 Å². The van der Waals surface area contributed by atoms with E-state index in [1.54, 1.807) is 17.0 Å². The molecule has 0 fully saturated rings. The molecule has 1 amide bonds. The molecular weight excluding hydrogens is 358 g/mol. The minimum atomic E-state index is -3.88. The second kappa shape index (κ2) is 7.96. The predicted molar refractivity (Wildman–Crippen MR) is 97.6 cm³/mol. The first kappa shape index (κ1) is 19.4. The van der Waals surface area contributed by atoms with E-state index < -0.39 is 14.9 Å². The highest BCUT2D eigenvalue weighted by Gasteiger charge is 2.17. The minimum Gasteiger partial charge on any atom is -0.339 e. The lowest BCUT2D eigenvalue weighted by Crippen LogP contribution is -2.30. The van der Waals surface area contributed by atoms with Gasteiger partial charge in [-0.15, -0.1) is 0 Å². The Labute approximate surface area is 151 Å². The number of amides is 1. The van der Waals surface area contributed by atoms with Gasteiger partial charge in [-0.1, -0.05) is 0 Å². The van der Waals surface area contributed by atoms with Crippen LogP contribution in [0.15, 0.2) is 53.4 Å². The van der Waals surface area contributed by atoms with Crippen molar-refractivity contribution in [3.8, 4) is 0 Å². The number of anilines is 1. The fraction of sp³-hybridized carbons (Fsp3) is 0.235. The Morgan fingerprint density at radius 2 is 1.58 bits per heavy atom. The highest BCUT2D eigenvalue weighted by Crippen LogP contribution is 2.20. The van der Waals surface area contributed by atoms with E-state index in [4.69, 9.17) is 0 Å². The molecule has 26 heavy (non-hydrogen) atoms. The third-order valence-corrected chi connectivity index (χ3v) is 5.19. The summed E-state index contributed by atoms with van der Waals surface area (Å²) in [7, 11) is -3.88. The normalized spacial score (nSPS) is 11.0. The van der Waals surface area contributed by atoms with Crippen LogP contribution in [-0.2, 0) is 10.0 Å². The molecule has 0 aromatic heterocycles. The highest BCUT2D eigenvalue weighted by molar-refractivity contribution is 7.92. The van der Waals surface area contributed by atoms with E-state index in [0.717, 1.165) is 12.1 Å². The van der Waals surface area contributed by atoms with Crippen LogP contribution in [0.2, 0.25) is 0 Å². The van der Waals surface area contributed by atoms with Gasteiger partial charge in [0.25, 0.3) is 21.6 Å². The van der Waals surface area contributed by atoms with Crippen LogP contribution in [0.3, 0.4) is 0 Å². The van der Waals surface area contributed by atoms with Crippen LogP contribution in [0.1, 0.15) is 24.2 Å². The minimum absolute atomic E-state index is 0.0913. The molecule has 0 unspecified atom stereocenters. The van der Waals surface area contributed by atoms with Gasteiger partial charge < -0.3 is 4.90 Å². The number of nitrogens with zero attached hydrogens (tertiary/aromatic N) is 2. The second-order valence-corrected chi connectivity index (χ2v) is 7.09. The van der Waals surface area contributed by atoms with Crippen LogP contribution in [0.25, 0.3) is 0 Å². The van der Waals surface area contributed by atoms with E-state index in [2.05, 4.69) is 4.72 Å². The molecule has 8 nitrogen and oxygen atoms in total. The first-order chi connectivity index (χ1) is 12.3. The van der Waals surface area contributed by atoms with E-state index in [0.29, 0.717) is 24.3 Å². The topological polar surface area (TPSA) is 110 Å². The summed E-state index contributed by atoms with van der Waals surface area (Å²) < 4.78 is 27.1. The van der Waals surface area contributed by atoms with Gasteiger partial charge in [-0.25, -0.2) is 8.42 Å². The largest absolute Gasteiger partial charge is 0.339 e. The van der Waals surface area contributed by atoms with Crippen molar-refractivity contribution in [2.45, 2.75) is 18.7 Å². The summed E-state index contributed by atoms with van der Waals surface area (Å²) in [6, 6.07) is 10.7. The Morgan fingerprint density at radius 3 is 2.04 bits per heavy atom. The molecule has 2 aromatic rings. The first-order valence-electron chi connectivity index (χ1n) is 7.95. The highest BCUT2D eigenvalue weighted by atomic mass is 32.2. The smallest absolute Gasteiger partial charge is 0.269 e. The lowest BCUT2D eigenvalue weighted by atomic mass is 10.2. The number of nitro groups is 1. The molecule has 1 N–H and O–H groups in total. The molecule has 138 valence electrons. The Hall–Kier alpha value is -2.94. The number of hydrogen-bond donors (Lipinski definition) is 1. The molecule has 0 aliphatic carbocycles. The molecule has 2 rings (SSSR count). The van der Waals surface area contributed by atoms with Gasteiger partial charge in [0.15, 0.2) is 0 Å². The summed E-state index contributed by atoms with van der Waals surface area (Å²) in [5, 5.41) is 10.6. The summed E-state index contributed by atoms with van der Waals surface area (Å²) in [5.41, 5.74) is 0.564. The monoisotopic (exact) mass is 377 g/mol. The molecule has 0 aliphatic heterocycles. The van der Waals surface area contributed by atoms with Crippen LogP contribution in [0.4, 0.5) is 11.4 Å². The van der Waals surface area contributed by atoms with E-state index in [-0.39, 0.29) is 16.5 Å². The van der Waals surface area contributed by atoms with Crippen molar-refractivity contribution >= 4 is 27.3 Å². The summed E-state index contributed by atoms with van der Waals surface area (Å²) in [6.45, 7) is 4.94. The van der Waals surface area contributed by atoms with Gasteiger partial charge in [0, 0.05) is 36.5 Å². The van der Waals surface area contributed by atoms with Gasteiger partial charge >= 0.3 is 0 Å². The van der Waals surface area contributed by atoms with Crippen LogP contribution < -0.4 is 4.72 Å². The number of benzene rings is 2. The van der Waals surface area contributed by atoms with Crippen molar-refractivity contribution < 1.29 is 18.1 Å². The lowest BCUT2D eigenvalue weighted by Gasteiger charge is -2.18. The SMILES string of the molecule is CCN(CC)C(=O)c1ccc(NS(=O)(=O)c2ccc([N+](=O)[O-])cc2)cc1. The second-order valence-electron chi connectivity index (χ2n) is 5.41. The first-order valence-corrected chi connectivity index (χ1v) is 9.43. The summed E-state index contributed by atoms with van der Waals surface area (Å²) >= 11 is 0. The van der Waals surface area contributed by atoms with Crippen LogP contribution >= 0.6 is 0 Å².